The van der Waals surface area contributed by atoms with Crippen LogP contribution in [0.5, 0.6) is 0 Å². The average molecular weight is 264 g/mol. The largest absolute Gasteiger partial charge is 0.355 e. The molecule has 19 heavy (non-hydrogen) atoms. The zero-order valence-electron chi connectivity index (χ0n) is 10.7. The van der Waals surface area contributed by atoms with E-state index in [1.54, 1.807) is 0 Å². The minimum atomic E-state index is -0.564. The summed E-state index contributed by atoms with van der Waals surface area (Å²) < 4.78 is 22.0. The second-order valence-electron chi connectivity index (χ2n) is 4.64. The molecule has 2 saturated heterocycles. The van der Waals surface area contributed by atoms with E-state index >= 15 is 0 Å². The van der Waals surface area contributed by atoms with Crippen molar-refractivity contribution < 1.29 is 23.7 Å². The van der Waals surface area contributed by atoms with Gasteiger partial charge in [-0.1, -0.05) is 30.3 Å². The maximum Gasteiger partial charge on any atom is 0.184 e. The molecule has 3 rings (SSSR count). The predicted octanol–water partition coefficient (Wildman–Crippen LogP) is 1.43. The Morgan fingerprint density at radius 1 is 1.21 bits per heavy atom. The van der Waals surface area contributed by atoms with E-state index in [-0.39, 0.29) is 18.3 Å². The minimum absolute atomic E-state index is 0.00679. The second kappa shape index (κ2) is 5.38. The van der Waals surface area contributed by atoms with Crippen LogP contribution >= 0.6 is 0 Å². The Labute approximate surface area is 111 Å². The zero-order chi connectivity index (χ0) is 13.2. The Morgan fingerprint density at radius 3 is 2.74 bits per heavy atom. The fourth-order valence-corrected chi connectivity index (χ4v) is 2.37. The van der Waals surface area contributed by atoms with Crippen LogP contribution in [0.2, 0.25) is 0 Å². The Bertz CT molecular complexity index is 446. The lowest BCUT2D eigenvalue weighted by atomic mass is 10.0. The quantitative estimate of drug-likeness (QED) is 0.809. The molecule has 0 aromatic heterocycles. The summed E-state index contributed by atoms with van der Waals surface area (Å²) in [6.07, 6.45) is -1.72. The van der Waals surface area contributed by atoms with Crippen molar-refractivity contribution >= 4 is 5.78 Å². The standard InChI is InChI=1S/C14H16O5/c1-16-12-7-10(15)13-11(18-12)8-17-14(19-13)9-5-3-2-4-6-9/h2-6,11-14H,7-8H2,1H3/t11?,12-,13-,14?/m0/s1. The predicted molar refractivity (Wildman–Crippen MR) is 65.3 cm³/mol. The summed E-state index contributed by atoms with van der Waals surface area (Å²) in [4.78, 5) is 12.0. The SMILES string of the molecule is CO[C@@H]1CC(=O)[C@@H]2OC(c3ccccc3)OCC2O1. The summed E-state index contributed by atoms with van der Waals surface area (Å²) in [6, 6.07) is 9.57. The second-order valence-corrected chi connectivity index (χ2v) is 4.64. The van der Waals surface area contributed by atoms with Gasteiger partial charge in [-0.25, -0.2) is 0 Å². The van der Waals surface area contributed by atoms with Crippen LogP contribution in [0.4, 0.5) is 0 Å². The van der Waals surface area contributed by atoms with Crippen molar-refractivity contribution in [2.75, 3.05) is 13.7 Å². The molecule has 2 fully saturated rings. The molecule has 2 aliphatic rings. The third-order valence-electron chi connectivity index (χ3n) is 3.37. The Morgan fingerprint density at radius 2 is 2.00 bits per heavy atom. The van der Waals surface area contributed by atoms with Gasteiger partial charge in [-0.2, -0.15) is 0 Å². The van der Waals surface area contributed by atoms with E-state index in [9.17, 15) is 4.79 Å². The van der Waals surface area contributed by atoms with Gasteiger partial charge in [-0.3, -0.25) is 4.79 Å². The Balaban J connectivity index is 1.72. The van der Waals surface area contributed by atoms with E-state index in [1.165, 1.54) is 7.11 Å². The van der Waals surface area contributed by atoms with Crippen molar-refractivity contribution in [3.8, 4) is 0 Å². The Hall–Kier alpha value is -1.27. The van der Waals surface area contributed by atoms with Gasteiger partial charge in [-0.05, 0) is 0 Å². The molecular weight excluding hydrogens is 248 g/mol. The third kappa shape index (κ3) is 2.55. The molecule has 0 aliphatic carbocycles. The highest BCUT2D eigenvalue weighted by Crippen LogP contribution is 2.31. The van der Waals surface area contributed by atoms with E-state index in [2.05, 4.69) is 0 Å². The molecule has 2 heterocycles. The van der Waals surface area contributed by atoms with Crippen LogP contribution in [0, 0.1) is 0 Å². The summed E-state index contributed by atoms with van der Waals surface area (Å²) in [7, 11) is 1.52. The van der Waals surface area contributed by atoms with Crippen LogP contribution < -0.4 is 0 Å². The third-order valence-corrected chi connectivity index (χ3v) is 3.37. The fraction of sp³-hybridized carbons (Fsp3) is 0.500. The van der Waals surface area contributed by atoms with Crippen LogP contribution in [-0.2, 0) is 23.7 Å². The Kier molecular flexibility index (Phi) is 3.61. The normalized spacial score (nSPS) is 34.9. The number of benzene rings is 1. The van der Waals surface area contributed by atoms with E-state index in [0.29, 0.717) is 6.61 Å². The lowest BCUT2D eigenvalue weighted by Crippen LogP contribution is -2.53. The number of carbonyl (C=O) groups is 1. The summed E-state index contributed by atoms with van der Waals surface area (Å²) in [5.41, 5.74) is 0.905. The van der Waals surface area contributed by atoms with Crippen LogP contribution in [0.1, 0.15) is 18.3 Å². The molecule has 4 atom stereocenters. The topological polar surface area (TPSA) is 54.0 Å². The van der Waals surface area contributed by atoms with Crippen LogP contribution in [0.3, 0.4) is 0 Å². The van der Waals surface area contributed by atoms with Gasteiger partial charge in [0, 0.05) is 12.7 Å². The van der Waals surface area contributed by atoms with Crippen molar-refractivity contribution in [3.63, 3.8) is 0 Å². The smallest absolute Gasteiger partial charge is 0.184 e. The molecule has 0 amide bonds. The van der Waals surface area contributed by atoms with Crippen LogP contribution in [0.25, 0.3) is 0 Å². The van der Waals surface area contributed by atoms with Gasteiger partial charge in [0.1, 0.15) is 12.2 Å². The van der Waals surface area contributed by atoms with Crippen molar-refractivity contribution in [1.29, 1.82) is 0 Å². The number of Topliss-reactive ketones (excluding diaryl/α,β-unsaturated/α-hetero) is 1. The number of hydrogen-bond acceptors (Lipinski definition) is 5. The fourth-order valence-electron chi connectivity index (χ4n) is 2.37. The maximum absolute atomic E-state index is 12.0. The van der Waals surface area contributed by atoms with Gasteiger partial charge in [0.15, 0.2) is 18.4 Å². The van der Waals surface area contributed by atoms with Gasteiger partial charge in [0.05, 0.1) is 13.0 Å². The van der Waals surface area contributed by atoms with Crippen molar-refractivity contribution in [3.05, 3.63) is 35.9 Å². The van der Waals surface area contributed by atoms with Crippen LogP contribution in [0.15, 0.2) is 30.3 Å². The van der Waals surface area contributed by atoms with Gasteiger partial charge in [-0.15, -0.1) is 0 Å². The van der Waals surface area contributed by atoms with Gasteiger partial charge in [0.2, 0.25) is 0 Å². The molecule has 2 unspecified atom stereocenters. The number of fused-ring (bicyclic) bond motifs is 1. The van der Waals surface area contributed by atoms with E-state index in [4.69, 9.17) is 18.9 Å². The van der Waals surface area contributed by atoms with E-state index in [1.807, 2.05) is 30.3 Å². The molecule has 2 aliphatic heterocycles. The summed E-state index contributed by atoms with van der Waals surface area (Å²) >= 11 is 0. The molecule has 0 spiro atoms. The molecule has 0 bridgehead atoms. The maximum atomic E-state index is 12.0. The molecule has 1 aromatic carbocycles. The average Bonchev–Trinajstić information content (AvgIpc) is 2.47. The highest BCUT2D eigenvalue weighted by molar-refractivity contribution is 5.84. The van der Waals surface area contributed by atoms with Crippen molar-refractivity contribution in [1.82, 2.24) is 0 Å². The summed E-state index contributed by atoms with van der Waals surface area (Å²) in [5.74, 6) is 0.00679. The van der Waals surface area contributed by atoms with Crippen LogP contribution in [-0.4, -0.2) is 38.0 Å². The molecule has 0 radical (unpaired) electrons. The number of methoxy groups -OCH3 is 1. The monoisotopic (exact) mass is 264 g/mol. The number of hydrogen-bond donors (Lipinski definition) is 0. The highest BCUT2D eigenvalue weighted by Gasteiger charge is 2.43. The first kappa shape index (κ1) is 12.7. The molecule has 0 saturated carbocycles. The van der Waals surface area contributed by atoms with Gasteiger partial charge in [0.25, 0.3) is 0 Å². The first-order chi connectivity index (χ1) is 9.28. The minimum Gasteiger partial charge on any atom is -0.355 e. The van der Waals surface area contributed by atoms with E-state index < -0.39 is 18.7 Å². The lowest BCUT2D eigenvalue weighted by Gasteiger charge is -2.40. The molecule has 102 valence electrons. The first-order valence-electron chi connectivity index (χ1n) is 6.31. The van der Waals surface area contributed by atoms with Gasteiger partial charge >= 0.3 is 0 Å². The van der Waals surface area contributed by atoms with Gasteiger partial charge < -0.3 is 18.9 Å². The zero-order valence-corrected chi connectivity index (χ0v) is 10.7. The number of carbonyl (C=O) groups excluding carboxylic acids is 1. The molecule has 5 heteroatoms. The number of rotatable bonds is 2. The van der Waals surface area contributed by atoms with Crippen molar-refractivity contribution in [2.45, 2.75) is 31.2 Å². The molecule has 0 N–H and O–H groups in total. The van der Waals surface area contributed by atoms with E-state index in [0.717, 1.165) is 5.56 Å². The molecular formula is C14H16O5. The highest BCUT2D eigenvalue weighted by atomic mass is 16.7. The number of ether oxygens (including phenoxy) is 4. The summed E-state index contributed by atoms with van der Waals surface area (Å²) in [6.45, 7) is 0.329. The van der Waals surface area contributed by atoms with Crippen molar-refractivity contribution in [2.24, 2.45) is 0 Å². The first-order valence-corrected chi connectivity index (χ1v) is 6.31. The summed E-state index contributed by atoms with van der Waals surface area (Å²) in [5, 5.41) is 0. The number of ketones is 1. The molecule has 1 aromatic rings. The molecule has 5 nitrogen and oxygen atoms in total. The lowest BCUT2D eigenvalue weighted by molar-refractivity contribution is -0.298.